The van der Waals surface area contributed by atoms with Crippen molar-refractivity contribution in [3.8, 4) is 11.4 Å². The quantitative estimate of drug-likeness (QED) is 0.811. The molecule has 0 aliphatic carbocycles. The molecule has 124 valence electrons. The van der Waals surface area contributed by atoms with E-state index in [1.54, 1.807) is 0 Å². The van der Waals surface area contributed by atoms with Crippen molar-refractivity contribution in [3.05, 3.63) is 35.2 Å². The van der Waals surface area contributed by atoms with Gasteiger partial charge in [-0.15, -0.1) is 0 Å². The molecule has 6 heteroatoms. The van der Waals surface area contributed by atoms with Gasteiger partial charge in [-0.3, -0.25) is 4.90 Å². The maximum atomic E-state index is 5.90. The first-order valence-electron chi connectivity index (χ1n) is 8.20. The lowest BCUT2D eigenvalue weighted by molar-refractivity contribution is 0.185. The zero-order valence-electron chi connectivity index (χ0n) is 13.5. The molecule has 2 aromatic rings. The van der Waals surface area contributed by atoms with Gasteiger partial charge in [0.25, 0.3) is 0 Å². The van der Waals surface area contributed by atoms with Crippen LogP contribution < -0.4 is 0 Å². The molecule has 1 aromatic carbocycles. The van der Waals surface area contributed by atoms with E-state index in [2.05, 4.69) is 27.0 Å². The van der Waals surface area contributed by atoms with E-state index in [0.717, 1.165) is 18.7 Å². The number of benzene rings is 1. The van der Waals surface area contributed by atoms with E-state index in [-0.39, 0.29) is 0 Å². The zero-order chi connectivity index (χ0) is 16.1. The fraction of sp³-hybridized carbons (Fsp3) is 0.529. The predicted octanol–water partition coefficient (Wildman–Crippen LogP) is 3.31. The Balaban J connectivity index is 1.50. The Kier molecular flexibility index (Phi) is 5.65. The third-order valence-corrected chi connectivity index (χ3v) is 4.47. The lowest BCUT2D eigenvalue weighted by atomic mass is 10.1. The van der Waals surface area contributed by atoms with Crippen LogP contribution in [0.3, 0.4) is 0 Å². The van der Waals surface area contributed by atoms with Crippen LogP contribution in [0.15, 0.2) is 28.8 Å². The fourth-order valence-electron chi connectivity index (χ4n) is 2.84. The number of hydrogen-bond acceptors (Lipinski definition) is 5. The predicted molar refractivity (Wildman–Crippen MR) is 91.4 cm³/mol. The summed E-state index contributed by atoms with van der Waals surface area (Å²) < 4.78 is 5.36. The number of likely N-dealkylation sites (tertiary alicyclic amines) is 1. The van der Waals surface area contributed by atoms with Crippen molar-refractivity contribution in [1.82, 2.24) is 19.9 Å². The van der Waals surface area contributed by atoms with Gasteiger partial charge in [-0.1, -0.05) is 23.2 Å². The molecule has 1 aromatic heterocycles. The highest BCUT2D eigenvalue weighted by atomic mass is 35.5. The fourth-order valence-corrected chi connectivity index (χ4v) is 2.97. The minimum atomic E-state index is 0.612. The van der Waals surface area contributed by atoms with Crippen LogP contribution in [0.1, 0.15) is 25.2 Å². The summed E-state index contributed by atoms with van der Waals surface area (Å²) in [4.78, 5) is 9.23. The SMILES string of the molecule is CN(CCN1CCCCC1)Cc1nc(-c2ccc(Cl)cc2)no1. The van der Waals surface area contributed by atoms with Crippen molar-refractivity contribution in [2.75, 3.05) is 33.2 Å². The van der Waals surface area contributed by atoms with Crippen molar-refractivity contribution >= 4 is 11.6 Å². The van der Waals surface area contributed by atoms with Gasteiger partial charge in [0.1, 0.15) is 0 Å². The molecule has 23 heavy (non-hydrogen) atoms. The summed E-state index contributed by atoms with van der Waals surface area (Å²) in [6.45, 7) is 5.26. The number of likely N-dealkylation sites (N-methyl/N-ethyl adjacent to an activating group) is 1. The van der Waals surface area contributed by atoms with Crippen LogP contribution >= 0.6 is 11.6 Å². The molecule has 1 aliphatic heterocycles. The molecule has 1 fully saturated rings. The number of piperidine rings is 1. The topological polar surface area (TPSA) is 45.4 Å². The van der Waals surface area contributed by atoms with Gasteiger partial charge in [0.05, 0.1) is 6.54 Å². The number of nitrogens with zero attached hydrogens (tertiary/aromatic N) is 4. The monoisotopic (exact) mass is 334 g/mol. The van der Waals surface area contributed by atoms with Gasteiger partial charge in [-0.25, -0.2) is 0 Å². The Morgan fingerprint density at radius 3 is 2.65 bits per heavy atom. The van der Waals surface area contributed by atoms with Crippen LogP contribution in [-0.4, -0.2) is 53.2 Å². The maximum Gasteiger partial charge on any atom is 0.241 e. The third-order valence-electron chi connectivity index (χ3n) is 4.22. The Hall–Kier alpha value is -1.43. The summed E-state index contributed by atoms with van der Waals surface area (Å²) >= 11 is 5.90. The Labute approximate surface area is 142 Å². The first-order valence-corrected chi connectivity index (χ1v) is 8.58. The average Bonchev–Trinajstić information content (AvgIpc) is 3.03. The Bertz CT molecular complexity index is 607. The lowest BCUT2D eigenvalue weighted by Crippen LogP contribution is -2.36. The molecule has 0 saturated carbocycles. The van der Waals surface area contributed by atoms with Crippen molar-refractivity contribution in [2.45, 2.75) is 25.8 Å². The summed E-state index contributed by atoms with van der Waals surface area (Å²) in [5, 5.41) is 4.76. The van der Waals surface area contributed by atoms with Crippen LogP contribution in [0.25, 0.3) is 11.4 Å². The van der Waals surface area contributed by atoms with E-state index in [1.807, 2.05) is 24.3 Å². The van der Waals surface area contributed by atoms with Gasteiger partial charge in [-0.2, -0.15) is 4.98 Å². The van der Waals surface area contributed by atoms with E-state index < -0.39 is 0 Å². The van der Waals surface area contributed by atoms with E-state index in [1.165, 1.54) is 32.4 Å². The molecule has 1 saturated heterocycles. The molecular formula is C17H23ClN4O. The molecular weight excluding hydrogens is 312 g/mol. The van der Waals surface area contributed by atoms with Crippen molar-refractivity contribution < 1.29 is 4.52 Å². The highest BCUT2D eigenvalue weighted by molar-refractivity contribution is 6.30. The molecule has 0 radical (unpaired) electrons. The minimum Gasteiger partial charge on any atom is -0.338 e. The van der Waals surface area contributed by atoms with E-state index in [9.17, 15) is 0 Å². The first kappa shape index (κ1) is 16.4. The Morgan fingerprint density at radius 1 is 1.17 bits per heavy atom. The van der Waals surface area contributed by atoms with Crippen LogP contribution in [0.4, 0.5) is 0 Å². The molecule has 0 amide bonds. The number of hydrogen-bond donors (Lipinski definition) is 0. The van der Waals surface area contributed by atoms with Crippen LogP contribution in [0.2, 0.25) is 5.02 Å². The third kappa shape index (κ3) is 4.77. The van der Waals surface area contributed by atoms with Crippen molar-refractivity contribution in [3.63, 3.8) is 0 Å². The summed E-state index contributed by atoms with van der Waals surface area (Å²) in [5.41, 5.74) is 0.917. The normalized spacial score (nSPS) is 16.1. The van der Waals surface area contributed by atoms with Crippen LogP contribution in [0, 0.1) is 0 Å². The highest BCUT2D eigenvalue weighted by Crippen LogP contribution is 2.19. The first-order chi connectivity index (χ1) is 11.2. The molecule has 0 N–H and O–H groups in total. The standard InChI is InChI=1S/C17H23ClN4O/c1-21(11-12-22-9-3-2-4-10-22)13-16-19-17(20-23-16)14-5-7-15(18)8-6-14/h5-8H,2-4,9-13H2,1H3. The molecule has 5 nitrogen and oxygen atoms in total. The van der Waals surface area contributed by atoms with E-state index in [4.69, 9.17) is 16.1 Å². The van der Waals surface area contributed by atoms with Gasteiger partial charge in [-0.05, 0) is 57.2 Å². The molecule has 0 spiro atoms. The van der Waals surface area contributed by atoms with Gasteiger partial charge in [0.2, 0.25) is 11.7 Å². The highest BCUT2D eigenvalue weighted by Gasteiger charge is 2.13. The minimum absolute atomic E-state index is 0.612. The molecule has 2 heterocycles. The molecule has 0 bridgehead atoms. The van der Waals surface area contributed by atoms with Crippen molar-refractivity contribution in [2.24, 2.45) is 0 Å². The van der Waals surface area contributed by atoms with Gasteiger partial charge in [0, 0.05) is 23.7 Å². The second kappa shape index (κ2) is 7.90. The number of rotatable bonds is 6. The van der Waals surface area contributed by atoms with Crippen molar-refractivity contribution in [1.29, 1.82) is 0 Å². The molecule has 3 rings (SSSR count). The van der Waals surface area contributed by atoms with Gasteiger partial charge < -0.3 is 9.42 Å². The second-order valence-corrected chi connectivity index (χ2v) is 6.60. The van der Waals surface area contributed by atoms with E-state index >= 15 is 0 Å². The summed E-state index contributed by atoms with van der Waals surface area (Å²) in [5.74, 6) is 1.26. The summed E-state index contributed by atoms with van der Waals surface area (Å²) in [7, 11) is 2.09. The molecule has 0 atom stereocenters. The number of halogens is 1. The number of aromatic nitrogens is 2. The lowest BCUT2D eigenvalue weighted by Gasteiger charge is -2.28. The van der Waals surface area contributed by atoms with Gasteiger partial charge >= 0.3 is 0 Å². The van der Waals surface area contributed by atoms with E-state index in [0.29, 0.717) is 23.3 Å². The largest absolute Gasteiger partial charge is 0.338 e. The zero-order valence-corrected chi connectivity index (χ0v) is 14.3. The maximum absolute atomic E-state index is 5.90. The summed E-state index contributed by atoms with van der Waals surface area (Å²) in [6, 6.07) is 7.46. The average molecular weight is 335 g/mol. The molecule has 0 unspecified atom stereocenters. The summed E-state index contributed by atoms with van der Waals surface area (Å²) in [6.07, 6.45) is 4.04. The Morgan fingerprint density at radius 2 is 1.91 bits per heavy atom. The van der Waals surface area contributed by atoms with Crippen LogP contribution in [0.5, 0.6) is 0 Å². The molecule has 1 aliphatic rings. The van der Waals surface area contributed by atoms with Crippen LogP contribution in [-0.2, 0) is 6.54 Å². The smallest absolute Gasteiger partial charge is 0.241 e. The second-order valence-electron chi connectivity index (χ2n) is 6.16. The van der Waals surface area contributed by atoms with Gasteiger partial charge in [0.15, 0.2) is 0 Å².